The van der Waals surface area contributed by atoms with Crippen molar-refractivity contribution >= 4 is 11.9 Å². The first kappa shape index (κ1) is 11.9. The predicted octanol–water partition coefficient (Wildman–Crippen LogP) is 0.414. The first-order valence-corrected chi connectivity index (χ1v) is 4.00. The molecule has 0 fully saturated rings. The van der Waals surface area contributed by atoms with Crippen LogP contribution >= 0.6 is 0 Å². The first-order chi connectivity index (χ1) is 6.10. The lowest BCUT2D eigenvalue weighted by molar-refractivity contribution is -0.141. The zero-order valence-electron chi connectivity index (χ0n) is 7.80. The van der Waals surface area contributed by atoms with Crippen LogP contribution in [-0.4, -0.2) is 31.7 Å². The van der Waals surface area contributed by atoms with Crippen molar-refractivity contribution in [2.75, 3.05) is 13.8 Å². The largest absolute Gasteiger partial charge is 0.469 e. The van der Waals surface area contributed by atoms with Crippen molar-refractivity contribution in [3.05, 3.63) is 0 Å². The summed E-state index contributed by atoms with van der Waals surface area (Å²) in [7, 11) is 1.27. The van der Waals surface area contributed by atoms with Crippen LogP contribution in [0.5, 0.6) is 0 Å². The van der Waals surface area contributed by atoms with Gasteiger partial charge in [0.1, 0.15) is 6.67 Å². The van der Waals surface area contributed by atoms with Gasteiger partial charge in [-0.2, -0.15) is 0 Å². The average molecular weight is 191 g/mol. The second-order valence-electron chi connectivity index (χ2n) is 2.67. The molecule has 0 aromatic carbocycles. The minimum atomic E-state index is -0.670. The van der Waals surface area contributed by atoms with Gasteiger partial charge >= 0.3 is 5.97 Å². The van der Waals surface area contributed by atoms with Gasteiger partial charge in [0, 0.05) is 13.3 Å². The molecule has 0 heterocycles. The molecule has 0 aromatic rings. The highest BCUT2D eigenvalue weighted by atomic mass is 19.1. The van der Waals surface area contributed by atoms with Gasteiger partial charge in [0.15, 0.2) is 0 Å². The van der Waals surface area contributed by atoms with Crippen LogP contribution in [0.2, 0.25) is 0 Å². The van der Waals surface area contributed by atoms with E-state index in [1.54, 1.807) is 0 Å². The number of hydrogen-bond donors (Lipinski definition) is 1. The molecule has 0 aliphatic heterocycles. The minimum absolute atomic E-state index is 0.116. The quantitative estimate of drug-likeness (QED) is 0.640. The number of rotatable bonds is 5. The zero-order chi connectivity index (χ0) is 10.3. The zero-order valence-corrected chi connectivity index (χ0v) is 7.80. The van der Waals surface area contributed by atoms with Crippen LogP contribution in [-0.2, 0) is 14.3 Å². The highest BCUT2D eigenvalue weighted by Gasteiger charge is 2.11. The maximum Gasteiger partial charge on any atom is 0.305 e. The predicted molar refractivity (Wildman–Crippen MR) is 44.8 cm³/mol. The number of hydrogen-bond acceptors (Lipinski definition) is 3. The Bertz CT molecular complexity index is 184. The summed E-state index contributed by atoms with van der Waals surface area (Å²) in [4.78, 5) is 21.2. The molecule has 0 aromatic heterocycles. The lowest BCUT2D eigenvalue weighted by atomic mass is 10.2. The SMILES string of the molecule is COC(=O)CC[C@@H](CF)NC(C)=O. The number of esters is 1. The number of carbonyl (C=O) groups excluding carboxylic acids is 2. The lowest BCUT2D eigenvalue weighted by Gasteiger charge is -2.12. The van der Waals surface area contributed by atoms with Crippen LogP contribution in [0.4, 0.5) is 4.39 Å². The Morgan fingerprint density at radius 2 is 2.15 bits per heavy atom. The van der Waals surface area contributed by atoms with Crippen LogP contribution in [0.3, 0.4) is 0 Å². The number of methoxy groups -OCH3 is 1. The van der Waals surface area contributed by atoms with E-state index in [0.29, 0.717) is 0 Å². The number of carbonyl (C=O) groups is 2. The Kier molecular flexibility index (Phi) is 5.84. The minimum Gasteiger partial charge on any atom is -0.469 e. The van der Waals surface area contributed by atoms with E-state index >= 15 is 0 Å². The standard InChI is InChI=1S/C8H14FNO3/c1-6(11)10-7(5-9)3-4-8(12)13-2/h7H,3-5H2,1-2H3,(H,10,11)/t7-/m0/s1. The summed E-state index contributed by atoms with van der Waals surface area (Å²) in [5.74, 6) is -0.698. The van der Waals surface area contributed by atoms with Gasteiger partial charge in [-0.15, -0.1) is 0 Å². The molecule has 0 radical (unpaired) electrons. The smallest absolute Gasteiger partial charge is 0.305 e. The number of amides is 1. The second-order valence-corrected chi connectivity index (χ2v) is 2.67. The molecule has 0 spiro atoms. The number of ether oxygens (including phenoxy) is 1. The van der Waals surface area contributed by atoms with Crippen molar-refractivity contribution in [1.82, 2.24) is 5.32 Å². The van der Waals surface area contributed by atoms with Crippen molar-refractivity contribution in [1.29, 1.82) is 0 Å². The fourth-order valence-corrected chi connectivity index (χ4v) is 0.869. The molecule has 0 saturated heterocycles. The van der Waals surface area contributed by atoms with E-state index in [9.17, 15) is 14.0 Å². The van der Waals surface area contributed by atoms with E-state index in [2.05, 4.69) is 10.1 Å². The summed E-state index contributed by atoms with van der Waals surface area (Å²) in [6.45, 7) is 0.636. The van der Waals surface area contributed by atoms with E-state index in [-0.39, 0.29) is 18.7 Å². The molecule has 0 aliphatic carbocycles. The molecule has 1 N–H and O–H groups in total. The van der Waals surface area contributed by atoms with E-state index in [1.165, 1.54) is 14.0 Å². The summed E-state index contributed by atoms with van der Waals surface area (Å²) in [6, 6.07) is -0.586. The molecule has 0 rings (SSSR count). The maximum atomic E-state index is 12.2. The summed E-state index contributed by atoms with van der Waals surface area (Å²) in [5.41, 5.74) is 0. The summed E-state index contributed by atoms with van der Waals surface area (Å²) < 4.78 is 16.6. The molecule has 5 heteroatoms. The molecule has 76 valence electrons. The molecular weight excluding hydrogens is 177 g/mol. The lowest BCUT2D eigenvalue weighted by Crippen LogP contribution is -2.35. The van der Waals surface area contributed by atoms with Gasteiger partial charge in [-0.25, -0.2) is 4.39 Å². The van der Waals surface area contributed by atoms with Crippen molar-refractivity contribution in [3.63, 3.8) is 0 Å². The fraction of sp³-hybridized carbons (Fsp3) is 0.750. The third-order valence-electron chi connectivity index (χ3n) is 1.52. The Morgan fingerprint density at radius 3 is 2.54 bits per heavy atom. The highest BCUT2D eigenvalue weighted by Crippen LogP contribution is 1.99. The summed E-state index contributed by atoms with van der Waals surface area (Å²) >= 11 is 0. The van der Waals surface area contributed by atoms with E-state index in [0.717, 1.165) is 0 Å². The molecule has 0 bridgehead atoms. The monoisotopic (exact) mass is 191 g/mol. The van der Waals surface area contributed by atoms with Crippen LogP contribution in [0, 0.1) is 0 Å². The topological polar surface area (TPSA) is 55.4 Å². The van der Waals surface area contributed by atoms with Crippen LogP contribution in [0.1, 0.15) is 19.8 Å². The third kappa shape index (κ3) is 6.07. The summed E-state index contributed by atoms with van der Waals surface area (Å²) in [6.07, 6.45) is 0.383. The molecule has 1 amide bonds. The highest BCUT2D eigenvalue weighted by molar-refractivity contribution is 5.73. The molecule has 1 atom stereocenters. The van der Waals surface area contributed by atoms with Crippen LogP contribution < -0.4 is 5.32 Å². The molecular formula is C8H14FNO3. The number of alkyl halides is 1. The van der Waals surface area contributed by atoms with Gasteiger partial charge in [-0.3, -0.25) is 9.59 Å². The normalized spacial score (nSPS) is 11.9. The fourth-order valence-electron chi connectivity index (χ4n) is 0.869. The van der Waals surface area contributed by atoms with Gasteiger partial charge in [0.25, 0.3) is 0 Å². The van der Waals surface area contributed by atoms with Crippen LogP contribution in [0.15, 0.2) is 0 Å². The van der Waals surface area contributed by atoms with Crippen LogP contribution in [0.25, 0.3) is 0 Å². The van der Waals surface area contributed by atoms with Crippen molar-refractivity contribution < 1.29 is 18.7 Å². The Labute approximate surface area is 76.4 Å². The van der Waals surface area contributed by atoms with E-state index < -0.39 is 18.7 Å². The van der Waals surface area contributed by atoms with E-state index in [1.807, 2.05) is 0 Å². The Balaban J connectivity index is 3.71. The molecule has 4 nitrogen and oxygen atoms in total. The first-order valence-electron chi connectivity index (χ1n) is 4.00. The van der Waals surface area contributed by atoms with Gasteiger partial charge in [-0.1, -0.05) is 0 Å². The van der Waals surface area contributed by atoms with Crippen molar-refractivity contribution in [2.45, 2.75) is 25.8 Å². The van der Waals surface area contributed by atoms with Gasteiger partial charge in [0.2, 0.25) is 5.91 Å². The van der Waals surface area contributed by atoms with Gasteiger partial charge < -0.3 is 10.1 Å². The van der Waals surface area contributed by atoms with Crippen molar-refractivity contribution in [2.24, 2.45) is 0 Å². The molecule has 0 aliphatic rings. The Morgan fingerprint density at radius 1 is 1.54 bits per heavy atom. The third-order valence-corrected chi connectivity index (χ3v) is 1.52. The molecule has 0 unspecified atom stereocenters. The van der Waals surface area contributed by atoms with Crippen molar-refractivity contribution in [3.8, 4) is 0 Å². The molecule has 0 saturated carbocycles. The summed E-state index contributed by atoms with van der Waals surface area (Å²) in [5, 5.41) is 2.39. The Hall–Kier alpha value is -1.13. The maximum absolute atomic E-state index is 12.2. The average Bonchev–Trinajstić information content (AvgIpc) is 2.10. The van der Waals surface area contributed by atoms with Gasteiger partial charge in [0.05, 0.1) is 13.2 Å². The molecule has 13 heavy (non-hydrogen) atoms. The second kappa shape index (κ2) is 6.39. The van der Waals surface area contributed by atoms with Gasteiger partial charge in [-0.05, 0) is 6.42 Å². The number of nitrogens with one attached hydrogen (secondary N) is 1. The number of halogens is 1. The van der Waals surface area contributed by atoms with E-state index in [4.69, 9.17) is 0 Å².